The fourth-order valence-electron chi connectivity index (χ4n) is 7.27. The lowest BCUT2D eigenvalue weighted by Gasteiger charge is -2.31. The molecular weight excluding hydrogens is 601 g/mol. The summed E-state index contributed by atoms with van der Waals surface area (Å²) in [6.07, 6.45) is 2.04. The molecule has 44 heavy (non-hydrogen) atoms. The Morgan fingerprint density at radius 3 is 2.55 bits per heavy atom. The van der Waals surface area contributed by atoms with Gasteiger partial charge >= 0.3 is 12.2 Å². The van der Waals surface area contributed by atoms with Gasteiger partial charge in [0.05, 0.1) is 21.3 Å². The molecule has 0 unspecified atom stereocenters. The summed E-state index contributed by atoms with van der Waals surface area (Å²) < 4.78 is 81.4. The minimum absolute atomic E-state index is 0.0504. The average Bonchev–Trinajstić information content (AvgIpc) is 3.67. The molecule has 4 aromatic rings. The number of nitrogens with one attached hydrogen (secondary N) is 1. The lowest BCUT2D eigenvalue weighted by atomic mass is 9.91. The van der Waals surface area contributed by atoms with Crippen LogP contribution >= 0.6 is 11.3 Å². The fraction of sp³-hybridized carbons (Fsp3) is 0.500. The Morgan fingerprint density at radius 2 is 1.82 bits per heavy atom. The first kappa shape index (κ1) is 29.4. The van der Waals surface area contributed by atoms with Gasteiger partial charge in [-0.3, -0.25) is 4.90 Å². The van der Waals surface area contributed by atoms with E-state index in [9.17, 15) is 17.6 Å². The summed E-state index contributed by atoms with van der Waals surface area (Å²) in [7, 11) is 0. The Kier molecular flexibility index (Phi) is 7.28. The molecule has 2 aromatic heterocycles. The number of fused-ring (bicyclic) bond motifs is 3. The number of ether oxygens (including phenoxy) is 1. The number of rotatable bonds is 6. The van der Waals surface area contributed by atoms with E-state index in [4.69, 9.17) is 16.2 Å². The van der Waals surface area contributed by atoms with Gasteiger partial charge in [-0.1, -0.05) is 11.3 Å². The Balaban J connectivity index is 1.40. The van der Waals surface area contributed by atoms with E-state index in [-0.39, 0.29) is 67.9 Å². The molecule has 1 saturated carbocycles. The zero-order valence-corrected chi connectivity index (χ0v) is 24.6. The van der Waals surface area contributed by atoms with Crippen LogP contribution in [0.4, 0.5) is 32.9 Å². The number of anilines is 2. The molecule has 234 valence electrons. The minimum atomic E-state index is -4.97. The first-order valence-electron chi connectivity index (χ1n) is 14.9. The molecular formula is C30H32F5N7OS. The number of hydrogen-bond acceptors (Lipinski definition) is 9. The Bertz CT molecular complexity index is 1740. The maximum absolute atomic E-state index is 16.7. The molecule has 2 aromatic carbocycles. The van der Waals surface area contributed by atoms with Crippen molar-refractivity contribution in [2.45, 2.75) is 75.2 Å². The molecule has 3 aliphatic rings. The van der Waals surface area contributed by atoms with Crippen LogP contribution in [-0.2, 0) is 6.18 Å². The molecule has 3 fully saturated rings. The van der Waals surface area contributed by atoms with Crippen LogP contribution in [0.2, 0.25) is 0 Å². The molecule has 5 N–H and O–H groups in total. The van der Waals surface area contributed by atoms with E-state index >= 15 is 4.39 Å². The summed E-state index contributed by atoms with van der Waals surface area (Å²) >= 11 is 0.779. The number of alkyl halides is 3. The van der Waals surface area contributed by atoms with Crippen molar-refractivity contribution < 1.29 is 26.7 Å². The summed E-state index contributed by atoms with van der Waals surface area (Å²) in [4.78, 5) is 15.3. The van der Waals surface area contributed by atoms with Crippen molar-refractivity contribution >= 4 is 43.4 Å². The number of nitrogens with zero attached hydrogens (tertiary/aromatic N) is 4. The number of nitrogens with two attached hydrogens (primary N) is 2. The van der Waals surface area contributed by atoms with E-state index in [1.54, 1.807) is 0 Å². The van der Waals surface area contributed by atoms with Crippen LogP contribution in [0.1, 0.15) is 56.9 Å². The van der Waals surface area contributed by atoms with Gasteiger partial charge in [0, 0.05) is 28.6 Å². The Labute approximate surface area is 254 Å². The predicted octanol–water partition coefficient (Wildman–Crippen LogP) is 6.47. The van der Waals surface area contributed by atoms with Crippen LogP contribution in [0.25, 0.3) is 32.2 Å². The molecule has 14 heteroatoms. The molecule has 2 aliphatic heterocycles. The molecule has 2 atom stereocenters. The van der Waals surface area contributed by atoms with Crippen molar-refractivity contribution in [2.24, 2.45) is 5.73 Å². The highest BCUT2D eigenvalue weighted by molar-refractivity contribution is 7.22. The predicted molar refractivity (Wildman–Crippen MR) is 160 cm³/mol. The van der Waals surface area contributed by atoms with E-state index < -0.39 is 28.9 Å². The van der Waals surface area contributed by atoms with Gasteiger partial charge in [-0.15, -0.1) is 0 Å². The van der Waals surface area contributed by atoms with Crippen LogP contribution in [0.15, 0.2) is 18.2 Å². The van der Waals surface area contributed by atoms with E-state index in [2.05, 4.69) is 25.2 Å². The van der Waals surface area contributed by atoms with E-state index in [0.717, 1.165) is 87.6 Å². The van der Waals surface area contributed by atoms with Gasteiger partial charge in [-0.05, 0) is 82.7 Å². The summed E-state index contributed by atoms with van der Waals surface area (Å²) in [5.74, 6) is -1.89. The molecule has 0 radical (unpaired) electrons. The Hall–Kier alpha value is -3.36. The molecule has 1 aliphatic carbocycles. The number of benzene rings is 2. The van der Waals surface area contributed by atoms with Gasteiger partial charge in [-0.2, -0.15) is 23.1 Å². The normalized spacial score (nSPS) is 22.1. The zero-order valence-electron chi connectivity index (χ0n) is 23.8. The lowest BCUT2D eigenvalue weighted by molar-refractivity contribution is -0.137. The highest BCUT2D eigenvalue weighted by atomic mass is 32.1. The second kappa shape index (κ2) is 10.9. The molecule has 8 nitrogen and oxygen atoms in total. The monoisotopic (exact) mass is 633 g/mol. The number of halogens is 5. The number of nitrogen functional groups attached to an aromatic ring is 1. The number of hydrogen-bond donors (Lipinski definition) is 3. The van der Waals surface area contributed by atoms with Gasteiger partial charge in [0.25, 0.3) is 0 Å². The fourth-order valence-corrected chi connectivity index (χ4v) is 8.04. The first-order chi connectivity index (χ1) is 21.0. The van der Waals surface area contributed by atoms with Crippen LogP contribution in [0.3, 0.4) is 0 Å². The van der Waals surface area contributed by atoms with Gasteiger partial charge < -0.3 is 21.5 Å². The molecule has 0 amide bonds. The largest absolute Gasteiger partial charge is 0.461 e. The lowest BCUT2D eigenvalue weighted by Crippen LogP contribution is -2.43. The molecule has 7 rings (SSSR count). The average molecular weight is 634 g/mol. The van der Waals surface area contributed by atoms with E-state index in [0.29, 0.717) is 6.42 Å². The second-order valence-electron chi connectivity index (χ2n) is 12.2. The quantitative estimate of drug-likeness (QED) is 0.207. The standard InChI is InChI=1S/C30H32F5N7OS/c31-20-7-6-17(24-25(20)44-27(37)39-24)21-19(30(33,34)35)13-18-23(22(21)32)40-28(41-26(18)38-16-5-1-4-15(36)12-16)43-14-29-8-2-10-42(29)11-3-9-29/h6-7,13,15-16H,1-5,8-12,14,36H2,(H2,37,39)(H,38,40,41)/t15-,16-/m0/s1. The third kappa shape index (κ3) is 5.10. The van der Waals surface area contributed by atoms with Crippen LogP contribution in [-0.4, -0.2) is 57.2 Å². The van der Waals surface area contributed by atoms with Crippen molar-refractivity contribution in [3.8, 4) is 17.1 Å². The highest BCUT2D eigenvalue weighted by Crippen LogP contribution is 2.46. The van der Waals surface area contributed by atoms with Gasteiger partial charge in [0.2, 0.25) is 0 Å². The third-order valence-corrected chi connectivity index (χ3v) is 10.2. The topological polar surface area (TPSA) is 115 Å². The van der Waals surface area contributed by atoms with Gasteiger partial charge in [-0.25, -0.2) is 13.8 Å². The number of thiazole rings is 1. The molecule has 4 heterocycles. The third-order valence-electron chi connectivity index (χ3n) is 9.33. The Morgan fingerprint density at radius 1 is 1.05 bits per heavy atom. The zero-order chi connectivity index (χ0) is 30.8. The summed E-state index contributed by atoms with van der Waals surface area (Å²) in [5.41, 5.74) is 9.04. The van der Waals surface area contributed by atoms with Crippen LogP contribution in [0, 0.1) is 11.6 Å². The SMILES string of the molecule is Nc1nc2c(-c3c(C(F)(F)F)cc4c(N[C@H]5CCC[C@H](N)C5)nc(OCC56CCCN5CCC6)nc4c3F)ccc(F)c2s1. The molecule has 0 spiro atoms. The van der Waals surface area contributed by atoms with Gasteiger partial charge in [0.15, 0.2) is 10.9 Å². The van der Waals surface area contributed by atoms with E-state index in [1.807, 2.05) is 0 Å². The molecule has 0 bridgehead atoms. The summed E-state index contributed by atoms with van der Waals surface area (Å²) in [6.45, 7) is 2.24. The smallest absolute Gasteiger partial charge is 0.417 e. The van der Waals surface area contributed by atoms with Crippen molar-refractivity contribution in [3.63, 3.8) is 0 Å². The number of aromatic nitrogens is 3. The maximum Gasteiger partial charge on any atom is 0.417 e. The van der Waals surface area contributed by atoms with Crippen molar-refractivity contribution in [1.29, 1.82) is 0 Å². The van der Waals surface area contributed by atoms with Crippen molar-refractivity contribution in [2.75, 3.05) is 30.7 Å². The highest BCUT2D eigenvalue weighted by Gasteiger charge is 2.45. The van der Waals surface area contributed by atoms with Crippen LogP contribution in [0.5, 0.6) is 6.01 Å². The molecule has 2 saturated heterocycles. The summed E-state index contributed by atoms with van der Waals surface area (Å²) in [5, 5.41) is 3.05. The maximum atomic E-state index is 16.7. The van der Waals surface area contributed by atoms with Crippen LogP contribution < -0.4 is 21.5 Å². The first-order valence-corrected chi connectivity index (χ1v) is 15.7. The van der Waals surface area contributed by atoms with E-state index in [1.165, 1.54) is 0 Å². The summed E-state index contributed by atoms with van der Waals surface area (Å²) in [6, 6.07) is 2.56. The second-order valence-corrected chi connectivity index (χ2v) is 13.2. The van der Waals surface area contributed by atoms with Crippen molar-refractivity contribution in [1.82, 2.24) is 19.9 Å². The minimum Gasteiger partial charge on any atom is -0.461 e. The van der Waals surface area contributed by atoms with Crippen molar-refractivity contribution in [3.05, 3.63) is 35.4 Å². The van der Waals surface area contributed by atoms with Gasteiger partial charge in [0.1, 0.15) is 23.8 Å².